The summed E-state index contributed by atoms with van der Waals surface area (Å²) in [7, 11) is 0. The minimum absolute atomic E-state index is 0.0281. The summed E-state index contributed by atoms with van der Waals surface area (Å²) in [5.41, 5.74) is 6.86. The maximum absolute atomic E-state index is 14.6. The molecule has 4 heterocycles. The monoisotopic (exact) mass is 624 g/mol. The number of nitrogens with one attached hydrogen (secondary N) is 1. The van der Waals surface area contributed by atoms with E-state index < -0.39 is 17.8 Å². The molecule has 3 unspecified atom stereocenters. The molecule has 0 radical (unpaired) electrons. The molecule has 0 saturated carbocycles. The molecule has 0 amide bonds. The van der Waals surface area contributed by atoms with Crippen LogP contribution in [0.5, 0.6) is 0 Å². The van der Waals surface area contributed by atoms with Gasteiger partial charge in [0.05, 0.1) is 18.8 Å². The van der Waals surface area contributed by atoms with Crippen LogP contribution in [0.3, 0.4) is 0 Å². The molecular formula is C37H53FN2O5. The number of hydrogen-bond donors (Lipinski definition) is 2. The zero-order chi connectivity index (χ0) is 31.8. The number of aliphatic carboxylic acids is 1. The number of halogens is 1. The zero-order valence-corrected chi connectivity index (χ0v) is 27.5. The molecule has 4 aliphatic heterocycles. The van der Waals surface area contributed by atoms with E-state index in [0.717, 1.165) is 83.1 Å². The van der Waals surface area contributed by atoms with Crippen LogP contribution in [-0.4, -0.2) is 68.1 Å². The van der Waals surface area contributed by atoms with Crippen molar-refractivity contribution in [1.82, 2.24) is 10.2 Å². The Bertz CT molecular complexity index is 1250. The maximum atomic E-state index is 14.6. The predicted octanol–water partition coefficient (Wildman–Crippen LogP) is 7.41. The first-order chi connectivity index (χ1) is 21.7. The summed E-state index contributed by atoms with van der Waals surface area (Å²) in [5, 5.41) is 13.9. The van der Waals surface area contributed by atoms with Gasteiger partial charge in [0.1, 0.15) is 11.9 Å². The molecule has 8 heteroatoms. The van der Waals surface area contributed by atoms with Crippen molar-refractivity contribution < 1.29 is 28.5 Å². The number of carbonyl (C=O) groups is 1. The Kier molecular flexibility index (Phi) is 11.9. The molecule has 0 aromatic heterocycles. The third-order valence-corrected chi connectivity index (χ3v) is 10.4. The van der Waals surface area contributed by atoms with Crippen LogP contribution in [0.1, 0.15) is 108 Å². The van der Waals surface area contributed by atoms with Crippen LogP contribution in [0, 0.1) is 11.2 Å². The van der Waals surface area contributed by atoms with Crippen molar-refractivity contribution in [3.8, 4) is 0 Å². The fraction of sp³-hybridized carbons (Fsp3) is 0.649. The number of unbranched alkanes of at least 4 members (excludes halogenated alkanes) is 1. The van der Waals surface area contributed by atoms with E-state index in [2.05, 4.69) is 38.2 Å². The highest BCUT2D eigenvalue weighted by atomic mass is 19.1. The molecule has 5 rings (SSSR count). The number of hydrogen-bond acceptors (Lipinski definition) is 6. The van der Waals surface area contributed by atoms with E-state index in [9.17, 15) is 14.3 Å². The molecule has 0 bridgehead atoms. The Balaban J connectivity index is 1.13. The van der Waals surface area contributed by atoms with Gasteiger partial charge >= 0.3 is 5.97 Å². The number of carboxylic acid groups (broad SMARTS) is 1. The van der Waals surface area contributed by atoms with Crippen LogP contribution < -0.4 is 5.32 Å². The van der Waals surface area contributed by atoms with Gasteiger partial charge < -0.3 is 24.6 Å². The second-order valence-electron chi connectivity index (χ2n) is 13.7. The standard InChI is InChI=1S/C37H53FN2O5/c1-26(2)28(9-10-29-8-6-18-39-27(29)3)7-4-5-20-44-31-14-19-40(24-31)35(36(41)42)33-23-30(38)11-12-32(33)34-13-15-37(25-45-34)16-21-43-22-17-37/h9-12,23,31,34-35,39H,4-8,13-22,24-25H2,1-3H3,(H,41,42)/b10-9-. The lowest BCUT2D eigenvalue weighted by atomic mass is 9.74. The molecule has 3 fully saturated rings. The number of benzene rings is 1. The topological polar surface area (TPSA) is 80.3 Å². The minimum Gasteiger partial charge on any atom is -0.480 e. The van der Waals surface area contributed by atoms with Crippen molar-refractivity contribution >= 4 is 5.97 Å². The largest absolute Gasteiger partial charge is 0.480 e. The summed E-state index contributed by atoms with van der Waals surface area (Å²) in [6.45, 7) is 11.5. The molecule has 45 heavy (non-hydrogen) atoms. The number of likely N-dealkylation sites (tertiary alicyclic amines) is 1. The highest BCUT2D eigenvalue weighted by molar-refractivity contribution is 5.76. The van der Waals surface area contributed by atoms with Crippen molar-refractivity contribution in [2.24, 2.45) is 5.41 Å². The lowest BCUT2D eigenvalue weighted by molar-refractivity contribution is -0.143. The van der Waals surface area contributed by atoms with E-state index in [0.29, 0.717) is 31.9 Å². The van der Waals surface area contributed by atoms with Crippen molar-refractivity contribution in [1.29, 1.82) is 0 Å². The third kappa shape index (κ3) is 8.85. The molecule has 1 aromatic carbocycles. The Hall–Kier alpha value is -2.52. The van der Waals surface area contributed by atoms with Gasteiger partial charge in [-0.25, -0.2) is 4.39 Å². The van der Waals surface area contributed by atoms with Gasteiger partial charge in [-0.2, -0.15) is 0 Å². The van der Waals surface area contributed by atoms with Gasteiger partial charge in [-0.15, -0.1) is 0 Å². The Morgan fingerprint density at radius 3 is 2.76 bits per heavy atom. The van der Waals surface area contributed by atoms with E-state index in [1.165, 1.54) is 41.0 Å². The molecule has 3 atom stereocenters. The summed E-state index contributed by atoms with van der Waals surface area (Å²) < 4.78 is 32.8. The van der Waals surface area contributed by atoms with Gasteiger partial charge in [-0.05, 0) is 125 Å². The number of carboxylic acids is 1. The van der Waals surface area contributed by atoms with Gasteiger partial charge in [0.2, 0.25) is 0 Å². The quantitative estimate of drug-likeness (QED) is 0.185. The molecule has 1 spiro atoms. The molecule has 4 aliphatic rings. The Morgan fingerprint density at radius 1 is 1.22 bits per heavy atom. The van der Waals surface area contributed by atoms with Crippen LogP contribution in [0.2, 0.25) is 0 Å². The van der Waals surface area contributed by atoms with E-state index in [1.807, 2.05) is 4.90 Å². The summed E-state index contributed by atoms with van der Waals surface area (Å²) in [4.78, 5) is 14.6. The van der Waals surface area contributed by atoms with Crippen LogP contribution in [0.15, 0.2) is 52.8 Å². The number of allylic oxidation sites excluding steroid dienone is 6. The van der Waals surface area contributed by atoms with Crippen molar-refractivity contribution in [3.63, 3.8) is 0 Å². The van der Waals surface area contributed by atoms with E-state index >= 15 is 0 Å². The van der Waals surface area contributed by atoms with Crippen molar-refractivity contribution in [2.75, 3.05) is 46.1 Å². The van der Waals surface area contributed by atoms with E-state index in [-0.39, 0.29) is 17.6 Å². The van der Waals surface area contributed by atoms with Gasteiger partial charge in [-0.3, -0.25) is 9.69 Å². The summed E-state index contributed by atoms with van der Waals surface area (Å²) in [6.07, 6.45) is 14.2. The first kappa shape index (κ1) is 33.8. The number of ether oxygens (including phenoxy) is 3. The van der Waals surface area contributed by atoms with Crippen LogP contribution >= 0.6 is 0 Å². The lowest BCUT2D eigenvalue weighted by Crippen LogP contribution is -2.39. The highest BCUT2D eigenvalue weighted by Gasteiger charge is 2.41. The number of nitrogens with zero attached hydrogens (tertiary/aromatic N) is 1. The fourth-order valence-corrected chi connectivity index (χ4v) is 7.43. The van der Waals surface area contributed by atoms with E-state index in [4.69, 9.17) is 14.2 Å². The van der Waals surface area contributed by atoms with Gasteiger partial charge in [-0.1, -0.05) is 23.8 Å². The third-order valence-electron chi connectivity index (χ3n) is 10.4. The van der Waals surface area contributed by atoms with Crippen molar-refractivity contribution in [3.05, 3.63) is 69.7 Å². The van der Waals surface area contributed by atoms with Gasteiger partial charge in [0.15, 0.2) is 0 Å². The van der Waals surface area contributed by atoms with E-state index in [1.54, 1.807) is 6.07 Å². The minimum atomic E-state index is -0.962. The SMILES string of the molecule is CC(C)=C(/C=C\C1=C(C)NCCC1)CCCCOC1CCN(C(C(=O)O)c2cc(F)ccc2C2CCC3(CCOCC3)CO2)C1. The van der Waals surface area contributed by atoms with Crippen LogP contribution in [0.4, 0.5) is 4.39 Å². The summed E-state index contributed by atoms with van der Waals surface area (Å²) in [5.74, 6) is -1.38. The molecule has 2 N–H and O–H groups in total. The summed E-state index contributed by atoms with van der Waals surface area (Å²) >= 11 is 0. The smallest absolute Gasteiger partial charge is 0.325 e. The average molecular weight is 625 g/mol. The Labute approximate surface area is 268 Å². The Morgan fingerprint density at radius 2 is 2.04 bits per heavy atom. The summed E-state index contributed by atoms with van der Waals surface area (Å²) in [6, 6.07) is 3.63. The molecular weight excluding hydrogens is 571 g/mol. The fourth-order valence-electron chi connectivity index (χ4n) is 7.43. The predicted molar refractivity (Wildman–Crippen MR) is 174 cm³/mol. The van der Waals surface area contributed by atoms with Crippen LogP contribution in [0.25, 0.3) is 0 Å². The van der Waals surface area contributed by atoms with Gasteiger partial charge in [0.25, 0.3) is 0 Å². The van der Waals surface area contributed by atoms with Gasteiger partial charge in [0, 0.05) is 45.2 Å². The second-order valence-corrected chi connectivity index (χ2v) is 13.7. The highest BCUT2D eigenvalue weighted by Crippen LogP contribution is 2.45. The maximum Gasteiger partial charge on any atom is 0.325 e. The zero-order valence-electron chi connectivity index (χ0n) is 27.5. The average Bonchev–Trinajstić information content (AvgIpc) is 3.48. The van der Waals surface area contributed by atoms with Crippen LogP contribution in [-0.2, 0) is 19.0 Å². The normalized spacial score (nSPS) is 24.6. The molecule has 7 nitrogen and oxygen atoms in total. The van der Waals surface area contributed by atoms with Crippen molar-refractivity contribution in [2.45, 2.75) is 103 Å². The number of rotatable bonds is 12. The molecule has 1 aromatic rings. The molecule has 0 aliphatic carbocycles. The first-order valence-electron chi connectivity index (χ1n) is 17.1. The second kappa shape index (κ2) is 15.9. The first-order valence-corrected chi connectivity index (χ1v) is 17.1. The molecule has 248 valence electrons. The lowest BCUT2D eigenvalue weighted by Gasteiger charge is -2.43. The molecule has 3 saturated heterocycles.